The molecule has 1 aliphatic rings. The number of ether oxygens (including phenoxy) is 1. The van der Waals surface area contributed by atoms with Crippen molar-refractivity contribution < 1.29 is 9.66 Å². The van der Waals surface area contributed by atoms with Crippen LogP contribution in [0.15, 0.2) is 6.33 Å². The molecule has 0 aromatic carbocycles. The lowest BCUT2D eigenvalue weighted by Gasteiger charge is -2.31. The van der Waals surface area contributed by atoms with Crippen LogP contribution in [0.25, 0.3) is 0 Å². The quantitative estimate of drug-likeness (QED) is 0.659. The number of hydrogen-bond acceptors (Lipinski definition) is 7. The standard InChI is InChI=1S/C12H18N4O3S/c1-19-12-10(16(17)18)11(13-7-14-12)15-8-5-3-4-6-9(8)20-2/h7-9H,3-6H2,1-2H3,(H,13,14,15). The van der Waals surface area contributed by atoms with Gasteiger partial charge in [-0.15, -0.1) is 0 Å². The zero-order valence-electron chi connectivity index (χ0n) is 11.5. The van der Waals surface area contributed by atoms with Crippen molar-refractivity contribution >= 4 is 23.3 Å². The number of rotatable bonds is 5. The maximum atomic E-state index is 11.2. The van der Waals surface area contributed by atoms with Gasteiger partial charge in [0.05, 0.1) is 12.0 Å². The molecule has 0 spiro atoms. The van der Waals surface area contributed by atoms with Gasteiger partial charge < -0.3 is 10.1 Å². The van der Waals surface area contributed by atoms with Crippen LogP contribution < -0.4 is 10.1 Å². The summed E-state index contributed by atoms with van der Waals surface area (Å²) in [5.41, 5.74) is -0.194. The minimum Gasteiger partial charge on any atom is -0.476 e. The average molecular weight is 298 g/mol. The van der Waals surface area contributed by atoms with Crippen molar-refractivity contribution in [2.45, 2.75) is 37.0 Å². The van der Waals surface area contributed by atoms with E-state index in [0.29, 0.717) is 5.25 Å². The Balaban J connectivity index is 2.26. The number of thioether (sulfide) groups is 1. The molecular formula is C12H18N4O3S. The van der Waals surface area contributed by atoms with Gasteiger partial charge in [0.2, 0.25) is 5.82 Å². The monoisotopic (exact) mass is 298 g/mol. The van der Waals surface area contributed by atoms with Crippen molar-refractivity contribution in [2.75, 3.05) is 18.7 Å². The summed E-state index contributed by atoms with van der Waals surface area (Å²) in [4.78, 5) is 18.5. The molecule has 0 aliphatic heterocycles. The van der Waals surface area contributed by atoms with Crippen LogP contribution in [0.5, 0.6) is 5.88 Å². The molecule has 110 valence electrons. The van der Waals surface area contributed by atoms with Crippen LogP contribution in [-0.2, 0) is 0 Å². The van der Waals surface area contributed by atoms with Crippen molar-refractivity contribution in [3.63, 3.8) is 0 Å². The number of nitrogens with one attached hydrogen (secondary N) is 1. The molecule has 2 rings (SSSR count). The molecule has 1 aromatic rings. The number of hydrogen-bond donors (Lipinski definition) is 1. The second-order valence-corrected chi connectivity index (χ2v) is 5.72. The Hall–Kier alpha value is -1.57. The molecule has 1 saturated carbocycles. The van der Waals surface area contributed by atoms with E-state index in [2.05, 4.69) is 21.5 Å². The highest BCUT2D eigenvalue weighted by Crippen LogP contribution is 2.34. The lowest BCUT2D eigenvalue weighted by Crippen LogP contribution is -2.34. The fraction of sp³-hybridized carbons (Fsp3) is 0.667. The summed E-state index contributed by atoms with van der Waals surface area (Å²) in [5.74, 6) is 0.233. The summed E-state index contributed by atoms with van der Waals surface area (Å²) in [5, 5.41) is 14.9. The Labute approximate surface area is 121 Å². The fourth-order valence-corrected chi connectivity index (χ4v) is 3.44. The third kappa shape index (κ3) is 3.12. The van der Waals surface area contributed by atoms with E-state index in [1.165, 1.54) is 19.9 Å². The molecule has 2 atom stereocenters. The van der Waals surface area contributed by atoms with Gasteiger partial charge in [0.15, 0.2) is 0 Å². The topological polar surface area (TPSA) is 90.2 Å². The summed E-state index contributed by atoms with van der Waals surface area (Å²) in [6.07, 6.45) is 7.80. The van der Waals surface area contributed by atoms with Crippen LogP contribution in [0.1, 0.15) is 25.7 Å². The van der Waals surface area contributed by atoms with E-state index in [1.807, 2.05) is 0 Å². The molecule has 0 radical (unpaired) electrons. The van der Waals surface area contributed by atoms with Crippen LogP contribution in [0, 0.1) is 10.1 Å². The molecule has 1 heterocycles. The predicted molar refractivity (Wildman–Crippen MR) is 78.4 cm³/mol. The van der Waals surface area contributed by atoms with Gasteiger partial charge in [0.25, 0.3) is 5.88 Å². The molecule has 1 N–H and O–H groups in total. The molecule has 20 heavy (non-hydrogen) atoms. The lowest BCUT2D eigenvalue weighted by molar-refractivity contribution is -0.385. The van der Waals surface area contributed by atoms with E-state index in [-0.39, 0.29) is 23.4 Å². The van der Waals surface area contributed by atoms with Crippen LogP contribution in [-0.4, -0.2) is 39.5 Å². The predicted octanol–water partition coefficient (Wildman–Crippen LogP) is 2.48. The van der Waals surface area contributed by atoms with Crippen molar-refractivity contribution in [1.82, 2.24) is 9.97 Å². The van der Waals surface area contributed by atoms with Gasteiger partial charge in [-0.25, -0.2) is 4.98 Å². The molecule has 0 bridgehead atoms. The minimum atomic E-state index is -0.502. The van der Waals surface area contributed by atoms with Gasteiger partial charge in [-0.05, 0) is 19.1 Å². The SMILES string of the molecule is COc1ncnc(NC2CCCCC2SC)c1[N+](=O)[O-]. The first-order valence-corrected chi connectivity index (χ1v) is 7.79. The largest absolute Gasteiger partial charge is 0.476 e. The Morgan fingerprint density at radius 2 is 2.20 bits per heavy atom. The molecule has 8 heteroatoms. The summed E-state index contributed by atoms with van der Waals surface area (Å²) in [6, 6.07) is 0.192. The summed E-state index contributed by atoms with van der Waals surface area (Å²) < 4.78 is 4.95. The first-order valence-electron chi connectivity index (χ1n) is 6.50. The van der Waals surface area contributed by atoms with Crippen LogP contribution in [0.2, 0.25) is 0 Å². The Bertz CT molecular complexity index is 486. The summed E-state index contributed by atoms with van der Waals surface area (Å²) in [6.45, 7) is 0. The molecule has 1 aliphatic carbocycles. The van der Waals surface area contributed by atoms with E-state index < -0.39 is 4.92 Å². The number of anilines is 1. The Morgan fingerprint density at radius 3 is 2.85 bits per heavy atom. The normalized spacial score (nSPS) is 22.3. The zero-order chi connectivity index (χ0) is 14.5. The van der Waals surface area contributed by atoms with Crippen molar-refractivity contribution in [1.29, 1.82) is 0 Å². The number of methoxy groups -OCH3 is 1. The molecule has 0 amide bonds. The van der Waals surface area contributed by atoms with E-state index in [1.54, 1.807) is 11.8 Å². The smallest absolute Gasteiger partial charge is 0.372 e. The summed E-state index contributed by atoms with van der Waals surface area (Å²) in [7, 11) is 1.37. The van der Waals surface area contributed by atoms with E-state index in [0.717, 1.165) is 19.3 Å². The highest BCUT2D eigenvalue weighted by molar-refractivity contribution is 7.99. The van der Waals surface area contributed by atoms with Gasteiger partial charge in [-0.2, -0.15) is 16.7 Å². The third-order valence-corrected chi connectivity index (χ3v) is 4.66. The second kappa shape index (κ2) is 6.74. The summed E-state index contributed by atoms with van der Waals surface area (Å²) >= 11 is 1.79. The minimum absolute atomic E-state index is 0.0102. The zero-order valence-corrected chi connectivity index (χ0v) is 12.4. The lowest BCUT2D eigenvalue weighted by atomic mass is 9.95. The first kappa shape index (κ1) is 14.8. The number of nitrogens with zero attached hydrogens (tertiary/aromatic N) is 3. The van der Waals surface area contributed by atoms with Crippen molar-refractivity contribution in [3.8, 4) is 5.88 Å². The van der Waals surface area contributed by atoms with Gasteiger partial charge in [-0.1, -0.05) is 12.8 Å². The van der Waals surface area contributed by atoms with Crippen LogP contribution in [0.4, 0.5) is 11.5 Å². The first-order chi connectivity index (χ1) is 9.67. The van der Waals surface area contributed by atoms with Crippen molar-refractivity contribution in [2.24, 2.45) is 0 Å². The van der Waals surface area contributed by atoms with Gasteiger partial charge in [0, 0.05) is 11.3 Å². The van der Waals surface area contributed by atoms with Crippen molar-refractivity contribution in [3.05, 3.63) is 16.4 Å². The van der Waals surface area contributed by atoms with Gasteiger partial charge >= 0.3 is 5.69 Å². The molecular weight excluding hydrogens is 280 g/mol. The van der Waals surface area contributed by atoms with E-state index >= 15 is 0 Å². The Morgan fingerprint density at radius 1 is 1.45 bits per heavy atom. The fourth-order valence-electron chi connectivity index (χ4n) is 2.50. The number of nitro groups is 1. The highest BCUT2D eigenvalue weighted by atomic mass is 32.2. The molecule has 0 saturated heterocycles. The van der Waals surface area contributed by atoms with Crippen LogP contribution in [0.3, 0.4) is 0 Å². The molecule has 7 nitrogen and oxygen atoms in total. The van der Waals surface area contributed by atoms with E-state index in [4.69, 9.17) is 4.74 Å². The second-order valence-electron chi connectivity index (χ2n) is 4.65. The van der Waals surface area contributed by atoms with E-state index in [9.17, 15) is 10.1 Å². The molecule has 1 fully saturated rings. The third-order valence-electron chi connectivity index (χ3n) is 3.49. The maximum absolute atomic E-state index is 11.2. The maximum Gasteiger partial charge on any atom is 0.372 e. The molecule has 2 unspecified atom stereocenters. The van der Waals surface area contributed by atoms with Gasteiger partial charge in [0.1, 0.15) is 6.33 Å². The van der Waals surface area contributed by atoms with Crippen LogP contribution >= 0.6 is 11.8 Å². The molecule has 1 aromatic heterocycles. The number of aromatic nitrogens is 2. The highest BCUT2D eigenvalue weighted by Gasteiger charge is 2.29. The Kier molecular flexibility index (Phi) is 4.99. The average Bonchev–Trinajstić information content (AvgIpc) is 2.47. The van der Waals surface area contributed by atoms with Gasteiger partial charge in [-0.3, -0.25) is 10.1 Å².